The number of rotatable bonds is 6. The van der Waals surface area contributed by atoms with Gasteiger partial charge in [0.25, 0.3) is 0 Å². The molecule has 13 nitrogen and oxygen atoms in total. The third-order valence-corrected chi connectivity index (χ3v) is 18.8. The van der Waals surface area contributed by atoms with Crippen LogP contribution < -0.4 is 0 Å². The van der Waals surface area contributed by atoms with Crippen molar-refractivity contribution in [2.45, 2.75) is 165 Å². The molecule has 360 valence electrons. The minimum atomic E-state index is -2.42. The Morgan fingerprint density at radius 1 is 0.636 bits per heavy atom. The van der Waals surface area contributed by atoms with Crippen molar-refractivity contribution in [3.8, 4) is 0 Å². The van der Waals surface area contributed by atoms with Crippen LogP contribution in [0.25, 0.3) is 0 Å². The molecule has 8 unspecified atom stereocenters. The number of hydrogen-bond donors (Lipinski definition) is 2. The number of Topliss-reactive ketones (excluding diaryl/α,β-unsaturated/α-hetero) is 2. The van der Waals surface area contributed by atoms with Gasteiger partial charge in [0.2, 0.25) is 11.6 Å². The highest BCUT2D eigenvalue weighted by molar-refractivity contribution is 5.95. The second-order valence-corrected chi connectivity index (χ2v) is 22.6. The van der Waals surface area contributed by atoms with Gasteiger partial charge in [0.15, 0.2) is 58.9 Å². The zero-order chi connectivity index (χ0) is 48.0. The largest absolute Gasteiger partial charge is 0.509 e. The Balaban J connectivity index is 0.883. The van der Waals surface area contributed by atoms with Crippen molar-refractivity contribution in [2.75, 3.05) is 13.2 Å². The van der Waals surface area contributed by atoms with Crippen molar-refractivity contribution < 1.29 is 80.2 Å². The maximum absolute atomic E-state index is 17.9. The van der Waals surface area contributed by atoms with E-state index in [4.69, 9.17) is 28.4 Å². The van der Waals surface area contributed by atoms with Crippen molar-refractivity contribution in [3.63, 3.8) is 0 Å². The number of allylic oxidation sites excluding steroid dienone is 8. The van der Waals surface area contributed by atoms with Gasteiger partial charge in [-0.1, -0.05) is 26.0 Å². The van der Waals surface area contributed by atoms with E-state index in [9.17, 15) is 34.2 Å². The Labute approximate surface area is 379 Å². The van der Waals surface area contributed by atoms with E-state index in [1.165, 1.54) is 38.2 Å². The molecular weight excluding hydrogens is 873 g/mol. The molecule has 16 atom stereocenters. The van der Waals surface area contributed by atoms with E-state index < -0.39 is 159 Å². The summed E-state index contributed by atoms with van der Waals surface area (Å²) < 4.78 is 104. The minimum absolute atomic E-state index is 0.00763. The van der Waals surface area contributed by atoms with Crippen LogP contribution in [0, 0.1) is 45.3 Å². The first-order chi connectivity index (χ1) is 30.5. The molecule has 2 heterocycles. The number of fused-ring (bicyclic) bond motifs is 14. The highest BCUT2D eigenvalue weighted by Gasteiger charge is 2.82. The minimum Gasteiger partial charge on any atom is -0.426 e. The fourth-order valence-corrected chi connectivity index (χ4v) is 16.1. The molecule has 0 aromatic rings. The van der Waals surface area contributed by atoms with Gasteiger partial charge in [-0.25, -0.2) is 22.4 Å². The Bertz CT molecular complexity index is 2230. The lowest BCUT2D eigenvalue weighted by atomic mass is 9.45. The quantitative estimate of drug-likeness (QED) is 0.215. The van der Waals surface area contributed by atoms with Crippen LogP contribution >= 0.6 is 0 Å². The Kier molecular flexibility index (Phi) is 9.64. The number of carbonyl (C=O) groups is 5. The first kappa shape index (κ1) is 46.1. The Morgan fingerprint density at radius 3 is 1.36 bits per heavy atom. The predicted octanol–water partition coefficient (Wildman–Crippen LogP) is 6.61. The van der Waals surface area contributed by atoms with E-state index in [-0.39, 0.29) is 61.2 Å². The van der Waals surface area contributed by atoms with Gasteiger partial charge in [-0.15, -0.1) is 0 Å². The fourth-order valence-electron chi connectivity index (χ4n) is 16.1. The lowest BCUT2D eigenvalue weighted by Gasteiger charge is -2.62. The van der Waals surface area contributed by atoms with Crippen LogP contribution in [0.5, 0.6) is 0 Å². The van der Waals surface area contributed by atoms with Gasteiger partial charge in [0.1, 0.15) is 11.7 Å². The Morgan fingerprint density at radius 2 is 1.00 bits per heavy atom. The monoisotopic (exact) mass is 930 g/mol. The molecule has 2 aliphatic heterocycles. The maximum atomic E-state index is 17.9. The molecule has 0 spiro atoms. The maximum Gasteiger partial charge on any atom is 0.509 e. The number of carbonyl (C=O) groups excluding carboxylic acids is 5. The zero-order valence-corrected chi connectivity index (χ0v) is 38.4. The molecule has 0 aromatic carbocycles. The number of aliphatic hydroxyl groups is 2. The average Bonchev–Trinajstić information content (AvgIpc) is 3.84. The average molecular weight is 931 g/mol. The molecule has 8 aliphatic carbocycles. The van der Waals surface area contributed by atoms with Gasteiger partial charge in [-0.05, 0) is 102 Å². The molecule has 10 rings (SSSR count). The predicted molar refractivity (Wildman–Crippen MR) is 220 cm³/mol. The summed E-state index contributed by atoms with van der Waals surface area (Å²) in [7, 11) is 0. The topological polar surface area (TPSA) is 181 Å². The lowest BCUT2D eigenvalue weighted by molar-refractivity contribution is -0.245. The first-order valence-corrected chi connectivity index (χ1v) is 23.1. The van der Waals surface area contributed by atoms with E-state index in [1.807, 2.05) is 0 Å². The van der Waals surface area contributed by atoms with Crippen LogP contribution in [-0.2, 0) is 47.6 Å². The highest BCUT2D eigenvalue weighted by atomic mass is 19.2. The number of halogens is 4. The van der Waals surface area contributed by atoms with Crippen LogP contribution in [-0.4, -0.2) is 111 Å². The SMILES string of the molecule is CC1(C)O[C@@H]2CC3C4CC(F)=C5CC(=O)C=CC5(C)[C@@]4(F)[C@H](O)CC3(C)[C@]2(C(=O)COC(=O)OCC(=O)[C@]23OC(C)(C)O[C@H]2CC2C4CC(F)=C5CC(=O)C=CC5(C)[C@@]4(F)[C@@H](O)CC23C)O1. The van der Waals surface area contributed by atoms with Gasteiger partial charge in [-0.3, -0.25) is 19.2 Å². The number of ether oxygens (including phenoxy) is 6. The summed E-state index contributed by atoms with van der Waals surface area (Å²) in [5.41, 5.74) is -14.7. The molecule has 10 aliphatic rings. The van der Waals surface area contributed by atoms with Gasteiger partial charge in [0.05, 0.1) is 24.4 Å². The molecule has 2 N–H and O–H groups in total. The second-order valence-electron chi connectivity index (χ2n) is 22.6. The van der Waals surface area contributed by atoms with Gasteiger partial charge >= 0.3 is 6.16 Å². The second kappa shape index (κ2) is 13.8. The Hall–Kier alpha value is -3.61. The molecule has 0 amide bonds. The number of alkyl halides is 2. The standard InChI is InChI=1S/C49H58F4O13/c1-40(2)63-37-17-25-27-15-31(50)29-13-23(54)9-11-42(29,5)46(27,52)33(56)19-44(25,7)48(37,65-40)35(58)21-61-39(60)62-22-36(59)49-38(64-41(3,4)66-49)18-26-28-16-32(51)30-14-24(55)10-12-43(30,6)47(28,53)34(57)20-45(26,49)8/h9-12,25-28,33-34,37-38,56-57H,13-22H2,1-8H3/t25?,26?,27?,28?,33-,34+,37-,38+,42?,43?,44?,45?,46-,47-,48-,49+/m0/s1. The lowest BCUT2D eigenvalue weighted by Crippen LogP contribution is -2.70. The van der Waals surface area contributed by atoms with Gasteiger partial charge < -0.3 is 38.6 Å². The van der Waals surface area contributed by atoms with Crippen LogP contribution in [0.4, 0.5) is 22.4 Å². The number of ketones is 4. The fraction of sp³-hybridized carbons (Fsp3) is 0.735. The summed E-state index contributed by atoms with van der Waals surface area (Å²) in [6, 6.07) is 0. The third-order valence-electron chi connectivity index (χ3n) is 18.8. The van der Waals surface area contributed by atoms with Gasteiger partial charge in [-0.2, -0.15) is 0 Å². The normalized spacial score (nSPS) is 50.1. The van der Waals surface area contributed by atoms with Crippen molar-refractivity contribution in [1.82, 2.24) is 0 Å². The molecular formula is C49H58F4O13. The summed E-state index contributed by atoms with van der Waals surface area (Å²) in [6.45, 7) is 10.7. The summed E-state index contributed by atoms with van der Waals surface area (Å²) in [6.07, 6.45) is -3.94. The van der Waals surface area contributed by atoms with E-state index in [1.54, 1.807) is 41.5 Å². The van der Waals surface area contributed by atoms with Crippen LogP contribution in [0.3, 0.4) is 0 Å². The summed E-state index contributed by atoms with van der Waals surface area (Å²) in [5.74, 6) is -10.2. The van der Waals surface area contributed by atoms with Crippen molar-refractivity contribution in [1.29, 1.82) is 0 Å². The van der Waals surface area contributed by atoms with Crippen LogP contribution in [0.15, 0.2) is 47.1 Å². The molecule has 4 saturated carbocycles. The van der Waals surface area contributed by atoms with Crippen molar-refractivity contribution in [3.05, 3.63) is 47.1 Å². The van der Waals surface area contributed by atoms with Crippen molar-refractivity contribution in [2.24, 2.45) is 45.3 Å². The van der Waals surface area contributed by atoms with Crippen LogP contribution in [0.2, 0.25) is 0 Å². The first-order valence-electron chi connectivity index (χ1n) is 23.1. The molecule has 0 aromatic heterocycles. The number of aliphatic hydroxyl groups excluding tert-OH is 2. The summed E-state index contributed by atoms with van der Waals surface area (Å²) in [5, 5.41) is 23.8. The zero-order valence-electron chi connectivity index (χ0n) is 38.4. The van der Waals surface area contributed by atoms with Gasteiger partial charge in [0, 0.05) is 59.2 Å². The molecule has 17 heteroatoms. The molecule has 0 radical (unpaired) electrons. The smallest absolute Gasteiger partial charge is 0.426 e. The van der Waals surface area contributed by atoms with E-state index in [0.717, 1.165) is 0 Å². The highest BCUT2D eigenvalue weighted by Crippen LogP contribution is 2.75. The van der Waals surface area contributed by atoms with E-state index in [2.05, 4.69) is 0 Å². The van der Waals surface area contributed by atoms with Crippen LogP contribution in [0.1, 0.15) is 107 Å². The third kappa shape index (κ3) is 5.41. The molecule has 2 saturated heterocycles. The van der Waals surface area contributed by atoms with E-state index >= 15 is 17.6 Å². The summed E-state index contributed by atoms with van der Waals surface area (Å²) in [4.78, 5) is 67.5. The van der Waals surface area contributed by atoms with Crippen molar-refractivity contribution >= 4 is 29.3 Å². The number of hydrogen-bond acceptors (Lipinski definition) is 13. The molecule has 6 fully saturated rings. The summed E-state index contributed by atoms with van der Waals surface area (Å²) >= 11 is 0. The molecule has 0 bridgehead atoms. The van der Waals surface area contributed by atoms with E-state index in [0.29, 0.717) is 0 Å². The molecule has 66 heavy (non-hydrogen) atoms.